The number of carbonyl (C=O) groups is 4. The van der Waals surface area contributed by atoms with Crippen molar-refractivity contribution in [2.24, 2.45) is 0 Å². The molecule has 1 radical (unpaired) electrons. The maximum Gasteiger partial charge on any atom is 3.00 e. The Morgan fingerprint density at radius 1 is 0.828 bits per heavy atom. The Morgan fingerprint density at radius 2 is 1.34 bits per heavy atom. The van der Waals surface area contributed by atoms with Gasteiger partial charge < -0.3 is 45.1 Å². The van der Waals surface area contributed by atoms with Crippen LogP contribution in [-0.4, -0.2) is 91.3 Å². The molecule has 0 aliphatic carbocycles. The molecule has 2 N–H and O–H groups in total. The molecule has 1 rings (SSSR count). The molecule has 1 heterocycles. The van der Waals surface area contributed by atoms with E-state index >= 15 is 0 Å². The third-order valence-corrected chi connectivity index (χ3v) is 4.85. The summed E-state index contributed by atoms with van der Waals surface area (Å²) in [5, 5.41) is 6.21. The summed E-state index contributed by atoms with van der Waals surface area (Å²) in [5.41, 5.74) is 0. The molecular weight excluding hydrogens is 455 g/mol. The molecule has 0 spiro atoms. The first-order chi connectivity index (χ1) is 12.0. The van der Waals surface area contributed by atoms with Crippen LogP contribution < -0.4 is 35.4 Å². The SMILES string of the molecule is CC(=O)[C-]1CNC(C(C)=O)CNC(C(C)=O)CN(C)C(C(C)=O)CN1C.[Cl-].[Cl-].[Ti+3]. The van der Waals surface area contributed by atoms with Crippen LogP contribution in [-0.2, 0) is 40.9 Å². The topological polar surface area (TPSA) is 98.8 Å². The summed E-state index contributed by atoms with van der Waals surface area (Å²) in [6.45, 7) is 7.11. The number of hydrogen-bond donors (Lipinski definition) is 2. The van der Waals surface area contributed by atoms with Gasteiger partial charge in [0.1, 0.15) is 17.3 Å². The van der Waals surface area contributed by atoms with Crippen LogP contribution in [0.25, 0.3) is 0 Å². The summed E-state index contributed by atoms with van der Waals surface area (Å²) in [5.74, 6) is -0.268. The first-order valence-corrected chi connectivity index (χ1v) is 8.80. The fourth-order valence-corrected chi connectivity index (χ4v) is 3.07. The Labute approximate surface area is 201 Å². The second kappa shape index (κ2) is 15.5. The standard InChI is InChI=1S/C18H31N4O4.2ClH.Ti/c1-11(23)15-7-19-16(12(2)24)9-21(5)18(14(4)26)10-22(6)17(8-20-15)13(3)25;;;/h15-16,18-20H,7-10H2,1-6H3;2*1H;/q-1;;;+3/p-2. The molecule has 0 aromatic carbocycles. The van der Waals surface area contributed by atoms with Crippen LogP contribution in [0.2, 0.25) is 0 Å². The van der Waals surface area contributed by atoms with Crippen molar-refractivity contribution in [3.8, 4) is 0 Å². The maximum atomic E-state index is 12.1. The first kappa shape index (κ1) is 33.3. The predicted octanol–water partition coefficient (Wildman–Crippen LogP) is -6.96. The molecular formula is C18H31Cl2N4O4Ti. The fraction of sp³-hybridized carbons (Fsp3) is 0.722. The molecule has 0 aromatic heterocycles. The monoisotopic (exact) mass is 485 g/mol. The van der Waals surface area contributed by atoms with Gasteiger partial charge in [-0.2, -0.15) is 0 Å². The largest absolute Gasteiger partial charge is 3.00 e. The Morgan fingerprint density at radius 3 is 1.76 bits per heavy atom. The zero-order chi connectivity index (χ0) is 20.0. The van der Waals surface area contributed by atoms with Crippen LogP contribution in [0.5, 0.6) is 0 Å². The van der Waals surface area contributed by atoms with Crippen LogP contribution in [0.4, 0.5) is 0 Å². The number of halogens is 2. The van der Waals surface area contributed by atoms with E-state index in [1.54, 1.807) is 19.0 Å². The molecule has 29 heavy (non-hydrogen) atoms. The Hall–Kier alpha value is -0.316. The van der Waals surface area contributed by atoms with Gasteiger partial charge in [0.2, 0.25) is 0 Å². The number of Topliss-reactive ketones (excluding diaryl/α,β-unsaturated/α-hetero) is 4. The van der Waals surface area contributed by atoms with Crippen molar-refractivity contribution in [2.75, 3.05) is 40.3 Å². The predicted molar refractivity (Wildman–Crippen MR) is 98.6 cm³/mol. The van der Waals surface area contributed by atoms with E-state index in [9.17, 15) is 19.2 Å². The van der Waals surface area contributed by atoms with Crippen molar-refractivity contribution in [1.82, 2.24) is 20.4 Å². The average molecular weight is 486 g/mol. The summed E-state index contributed by atoms with van der Waals surface area (Å²) in [6, 6.07) is -0.917. The van der Waals surface area contributed by atoms with Gasteiger partial charge in [-0.25, -0.2) is 6.04 Å². The molecule has 1 aliphatic heterocycles. The smallest absolute Gasteiger partial charge is 1.00 e. The Balaban J connectivity index is -0.00000225. The van der Waals surface area contributed by atoms with E-state index in [2.05, 4.69) is 10.6 Å². The number of nitrogens with one attached hydrogen (secondary N) is 2. The molecule has 1 fully saturated rings. The van der Waals surface area contributed by atoms with Crippen LogP contribution in [0, 0.1) is 6.04 Å². The number of hydrogen-bond acceptors (Lipinski definition) is 8. The van der Waals surface area contributed by atoms with E-state index in [1.807, 2.05) is 4.90 Å². The molecule has 165 valence electrons. The zero-order valence-corrected chi connectivity index (χ0v) is 20.9. The number of ketones is 4. The fourth-order valence-electron chi connectivity index (χ4n) is 3.07. The van der Waals surface area contributed by atoms with Crippen molar-refractivity contribution in [3.63, 3.8) is 0 Å². The zero-order valence-electron chi connectivity index (χ0n) is 17.8. The Bertz CT molecular complexity index is 568. The van der Waals surface area contributed by atoms with Gasteiger partial charge in [-0.05, 0) is 48.3 Å². The van der Waals surface area contributed by atoms with Crippen LogP contribution >= 0.6 is 0 Å². The number of rotatable bonds is 4. The van der Waals surface area contributed by atoms with Crippen molar-refractivity contribution < 1.29 is 65.7 Å². The van der Waals surface area contributed by atoms with Gasteiger partial charge in [0, 0.05) is 18.9 Å². The van der Waals surface area contributed by atoms with Gasteiger partial charge in [0.15, 0.2) is 0 Å². The molecule has 3 atom stereocenters. The Kier molecular flexibility index (Phi) is 17.8. The molecule has 8 nitrogen and oxygen atoms in total. The molecule has 1 aliphatic rings. The number of carbonyl (C=O) groups excluding carboxylic acids is 4. The normalized spacial score (nSPS) is 24.5. The van der Waals surface area contributed by atoms with Crippen molar-refractivity contribution >= 4 is 23.1 Å². The third kappa shape index (κ3) is 10.5. The van der Waals surface area contributed by atoms with Crippen molar-refractivity contribution in [1.29, 1.82) is 0 Å². The van der Waals surface area contributed by atoms with E-state index in [0.29, 0.717) is 19.1 Å². The summed E-state index contributed by atoms with van der Waals surface area (Å²) < 4.78 is 0. The van der Waals surface area contributed by atoms with Gasteiger partial charge in [0.05, 0.1) is 18.1 Å². The molecule has 0 saturated carbocycles. The van der Waals surface area contributed by atoms with E-state index in [1.165, 1.54) is 27.7 Å². The number of nitrogens with zero attached hydrogens (tertiary/aromatic N) is 2. The van der Waals surface area contributed by atoms with Gasteiger partial charge in [-0.1, -0.05) is 6.54 Å². The molecule has 1 saturated heterocycles. The maximum absolute atomic E-state index is 12.1. The molecule has 0 bridgehead atoms. The molecule has 3 unspecified atom stereocenters. The van der Waals surface area contributed by atoms with Gasteiger partial charge in [0.25, 0.3) is 0 Å². The number of likely N-dealkylation sites (N-methyl/N-ethyl adjacent to an activating group) is 2. The van der Waals surface area contributed by atoms with Crippen LogP contribution in [0.3, 0.4) is 0 Å². The average Bonchev–Trinajstić information content (AvgIpc) is 2.51. The third-order valence-electron chi connectivity index (χ3n) is 4.85. The minimum atomic E-state index is -0.507. The quantitative estimate of drug-likeness (QED) is 0.299. The molecule has 11 heteroatoms. The van der Waals surface area contributed by atoms with Gasteiger partial charge in [-0.15, -0.1) is 0 Å². The van der Waals surface area contributed by atoms with Crippen LogP contribution in [0.1, 0.15) is 27.7 Å². The second-order valence-electron chi connectivity index (χ2n) is 7.07. The summed E-state index contributed by atoms with van der Waals surface area (Å²) in [6.07, 6.45) is 0. The van der Waals surface area contributed by atoms with E-state index in [0.717, 1.165) is 0 Å². The van der Waals surface area contributed by atoms with E-state index in [4.69, 9.17) is 0 Å². The summed E-state index contributed by atoms with van der Waals surface area (Å²) in [4.78, 5) is 51.6. The first-order valence-electron chi connectivity index (χ1n) is 8.80. The minimum Gasteiger partial charge on any atom is -1.00 e. The van der Waals surface area contributed by atoms with E-state index in [-0.39, 0.29) is 82.8 Å². The van der Waals surface area contributed by atoms with Crippen molar-refractivity contribution in [3.05, 3.63) is 6.04 Å². The summed E-state index contributed by atoms with van der Waals surface area (Å²) in [7, 11) is 3.55. The summed E-state index contributed by atoms with van der Waals surface area (Å²) >= 11 is 0. The van der Waals surface area contributed by atoms with E-state index < -0.39 is 18.1 Å². The van der Waals surface area contributed by atoms with Gasteiger partial charge in [-0.3, -0.25) is 19.3 Å². The molecule has 0 aromatic rings. The molecule has 0 amide bonds. The second-order valence-corrected chi connectivity index (χ2v) is 7.07. The van der Waals surface area contributed by atoms with Crippen LogP contribution in [0.15, 0.2) is 0 Å². The van der Waals surface area contributed by atoms with Crippen molar-refractivity contribution in [2.45, 2.75) is 45.8 Å². The van der Waals surface area contributed by atoms with Gasteiger partial charge >= 0.3 is 21.7 Å². The minimum absolute atomic E-state index is 0.